The number of amides is 1. The van der Waals surface area contributed by atoms with Crippen molar-refractivity contribution in [3.05, 3.63) is 0 Å². The monoisotopic (exact) mass is 246 g/mol. The largest absolute Gasteiger partial charge is 0.390 e. The van der Waals surface area contributed by atoms with Gasteiger partial charge in [-0.2, -0.15) is 11.8 Å². The van der Waals surface area contributed by atoms with Crippen molar-refractivity contribution in [3.8, 4) is 0 Å². The van der Waals surface area contributed by atoms with E-state index in [0.717, 1.165) is 12.2 Å². The lowest BCUT2D eigenvalue weighted by molar-refractivity contribution is -0.136. The Labute approximate surface area is 102 Å². The van der Waals surface area contributed by atoms with Crippen LogP contribution in [0.1, 0.15) is 26.2 Å². The minimum absolute atomic E-state index is 0.0320. The van der Waals surface area contributed by atoms with Crippen LogP contribution in [0.3, 0.4) is 0 Å². The van der Waals surface area contributed by atoms with Gasteiger partial charge in [-0.15, -0.1) is 0 Å². The summed E-state index contributed by atoms with van der Waals surface area (Å²) < 4.78 is 0. The lowest BCUT2D eigenvalue weighted by Crippen LogP contribution is -2.50. The zero-order valence-electron chi connectivity index (χ0n) is 10.1. The number of hydrogen-bond acceptors (Lipinski definition) is 4. The topological polar surface area (TPSA) is 66.6 Å². The molecule has 5 heteroatoms. The van der Waals surface area contributed by atoms with E-state index in [9.17, 15) is 9.90 Å². The van der Waals surface area contributed by atoms with Gasteiger partial charge >= 0.3 is 0 Å². The van der Waals surface area contributed by atoms with Crippen LogP contribution in [0.15, 0.2) is 0 Å². The molecule has 3 N–H and O–H groups in total. The van der Waals surface area contributed by atoms with Crippen LogP contribution in [0.2, 0.25) is 0 Å². The molecular formula is C11H22N2O2S. The van der Waals surface area contributed by atoms with Crippen LogP contribution in [0, 0.1) is 0 Å². The van der Waals surface area contributed by atoms with Crippen LogP contribution >= 0.6 is 11.8 Å². The highest BCUT2D eigenvalue weighted by Crippen LogP contribution is 2.21. The third kappa shape index (κ3) is 3.96. The Morgan fingerprint density at radius 2 is 2.12 bits per heavy atom. The molecular weight excluding hydrogens is 224 g/mol. The number of nitrogens with two attached hydrogens (primary N) is 1. The Bertz CT molecular complexity index is 236. The molecule has 1 aliphatic rings. The van der Waals surface area contributed by atoms with Crippen LogP contribution < -0.4 is 5.73 Å². The van der Waals surface area contributed by atoms with E-state index in [4.69, 9.17) is 5.73 Å². The Morgan fingerprint density at radius 3 is 2.62 bits per heavy atom. The van der Waals surface area contributed by atoms with E-state index < -0.39 is 5.60 Å². The number of likely N-dealkylation sites (tertiary alicyclic amines) is 1. The second kappa shape index (κ2) is 5.89. The molecule has 0 aliphatic carbocycles. The maximum Gasteiger partial charge on any atom is 0.239 e. The maximum absolute atomic E-state index is 11.9. The Kier molecular flexibility index (Phi) is 5.08. The first-order chi connectivity index (χ1) is 7.46. The third-order valence-corrected chi connectivity index (χ3v) is 3.75. The van der Waals surface area contributed by atoms with Gasteiger partial charge in [0.15, 0.2) is 0 Å². The number of rotatable bonds is 4. The van der Waals surface area contributed by atoms with Crippen molar-refractivity contribution in [1.82, 2.24) is 4.90 Å². The second-order valence-electron chi connectivity index (χ2n) is 4.71. The first-order valence-corrected chi connectivity index (χ1v) is 7.11. The van der Waals surface area contributed by atoms with Crippen LogP contribution in [-0.4, -0.2) is 52.7 Å². The number of carbonyl (C=O) groups is 1. The summed E-state index contributed by atoms with van der Waals surface area (Å²) in [5.41, 5.74) is 5.22. The molecule has 4 nitrogen and oxygen atoms in total. The van der Waals surface area contributed by atoms with Crippen molar-refractivity contribution in [1.29, 1.82) is 0 Å². The number of piperidine rings is 1. The van der Waals surface area contributed by atoms with Gasteiger partial charge in [0, 0.05) is 13.1 Å². The number of hydrogen-bond donors (Lipinski definition) is 2. The lowest BCUT2D eigenvalue weighted by atomic mass is 9.93. The molecule has 0 aromatic heterocycles. The van der Waals surface area contributed by atoms with Gasteiger partial charge in [-0.3, -0.25) is 4.79 Å². The Morgan fingerprint density at radius 1 is 1.56 bits per heavy atom. The van der Waals surface area contributed by atoms with Gasteiger partial charge in [-0.1, -0.05) is 0 Å². The summed E-state index contributed by atoms with van der Waals surface area (Å²) in [7, 11) is 0. The Balaban J connectivity index is 2.38. The minimum atomic E-state index is -0.611. The predicted molar refractivity (Wildman–Crippen MR) is 67.4 cm³/mol. The van der Waals surface area contributed by atoms with Crippen LogP contribution in [0.5, 0.6) is 0 Å². The molecule has 1 amide bonds. The quantitative estimate of drug-likeness (QED) is 0.755. The summed E-state index contributed by atoms with van der Waals surface area (Å²) in [4.78, 5) is 13.7. The highest BCUT2D eigenvalue weighted by molar-refractivity contribution is 7.98. The molecule has 94 valence electrons. The van der Waals surface area contributed by atoms with E-state index >= 15 is 0 Å². The van der Waals surface area contributed by atoms with Gasteiger partial charge in [0.05, 0.1) is 11.6 Å². The summed E-state index contributed by atoms with van der Waals surface area (Å²) in [6.07, 6.45) is 4.03. The van der Waals surface area contributed by atoms with E-state index in [0.29, 0.717) is 25.9 Å². The first kappa shape index (κ1) is 13.8. The molecule has 1 fully saturated rings. The van der Waals surface area contributed by atoms with E-state index in [1.165, 1.54) is 0 Å². The van der Waals surface area contributed by atoms with E-state index in [-0.39, 0.29) is 11.9 Å². The highest BCUT2D eigenvalue weighted by atomic mass is 32.2. The standard InChI is InChI=1S/C11H22N2O2S/c1-11(15)4-6-13(7-5-11)10(14)9(12)3-8-16-2/h9,15H,3-8,12H2,1-2H3/t9-/m1/s1. The first-order valence-electron chi connectivity index (χ1n) is 5.72. The molecule has 0 bridgehead atoms. The third-order valence-electron chi connectivity index (χ3n) is 3.10. The van der Waals surface area contributed by atoms with Crippen LogP contribution in [0.4, 0.5) is 0 Å². The molecule has 0 aromatic rings. The zero-order chi connectivity index (χ0) is 12.2. The van der Waals surface area contributed by atoms with Crippen molar-refractivity contribution < 1.29 is 9.90 Å². The summed E-state index contributed by atoms with van der Waals surface area (Å²) in [5.74, 6) is 0.947. The van der Waals surface area contributed by atoms with Gasteiger partial charge in [0.2, 0.25) is 5.91 Å². The van der Waals surface area contributed by atoms with Gasteiger partial charge < -0.3 is 15.7 Å². The smallest absolute Gasteiger partial charge is 0.239 e. The fourth-order valence-electron chi connectivity index (χ4n) is 1.81. The van der Waals surface area contributed by atoms with Crippen molar-refractivity contribution in [3.63, 3.8) is 0 Å². The molecule has 1 aliphatic heterocycles. The highest BCUT2D eigenvalue weighted by Gasteiger charge is 2.31. The molecule has 0 saturated carbocycles. The molecule has 0 unspecified atom stereocenters. The van der Waals surface area contributed by atoms with E-state index in [1.54, 1.807) is 16.7 Å². The SMILES string of the molecule is CSCC[C@@H](N)C(=O)N1CCC(C)(O)CC1. The summed E-state index contributed by atoms with van der Waals surface area (Å²) in [6.45, 7) is 3.07. The van der Waals surface area contributed by atoms with Crippen molar-refractivity contribution in [2.45, 2.75) is 37.8 Å². The fourth-order valence-corrected chi connectivity index (χ4v) is 2.30. The summed E-state index contributed by atoms with van der Waals surface area (Å²) in [6, 6.07) is -0.379. The van der Waals surface area contributed by atoms with Gasteiger partial charge in [-0.25, -0.2) is 0 Å². The maximum atomic E-state index is 11.9. The zero-order valence-corrected chi connectivity index (χ0v) is 10.9. The fraction of sp³-hybridized carbons (Fsp3) is 0.909. The van der Waals surface area contributed by atoms with E-state index in [2.05, 4.69) is 0 Å². The summed E-state index contributed by atoms with van der Waals surface area (Å²) >= 11 is 1.70. The van der Waals surface area contributed by atoms with Crippen LogP contribution in [-0.2, 0) is 4.79 Å². The Hall–Kier alpha value is -0.260. The molecule has 1 saturated heterocycles. The molecule has 0 spiro atoms. The van der Waals surface area contributed by atoms with Gasteiger partial charge in [0.25, 0.3) is 0 Å². The molecule has 0 radical (unpaired) electrons. The summed E-state index contributed by atoms with van der Waals surface area (Å²) in [5, 5.41) is 9.78. The number of aliphatic hydroxyl groups is 1. The number of nitrogens with zero attached hydrogens (tertiary/aromatic N) is 1. The minimum Gasteiger partial charge on any atom is -0.390 e. The number of carbonyl (C=O) groups excluding carboxylic acids is 1. The van der Waals surface area contributed by atoms with E-state index in [1.807, 2.05) is 13.2 Å². The molecule has 16 heavy (non-hydrogen) atoms. The lowest BCUT2D eigenvalue weighted by Gasteiger charge is -2.36. The molecule has 1 heterocycles. The van der Waals surface area contributed by atoms with Crippen molar-refractivity contribution in [2.75, 3.05) is 25.1 Å². The molecule has 1 rings (SSSR count). The van der Waals surface area contributed by atoms with Crippen LogP contribution in [0.25, 0.3) is 0 Å². The molecule has 1 atom stereocenters. The average Bonchev–Trinajstić information content (AvgIpc) is 2.25. The van der Waals surface area contributed by atoms with Gasteiger partial charge in [0.1, 0.15) is 0 Å². The number of thioether (sulfide) groups is 1. The normalized spacial score (nSPS) is 21.9. The predicted octanol–water partition coefficient (Wildman–Crippen LogP) is 0.440. The van der Waals surface area contributed by atoms with Gasteiger partial charge in [-0.05, 0) is 38.2 Å². The second-order valence-corrected chi connectivity index (χ2v) is 5.70. The van der Waals surface area contributed by atoms with Crippen molar-refractivity contribution in [2.24, 2.45) is 5.73 Å². The average molecular weight is 246 g/mol. The van der Waals surface area contributed by atoms with Crippen molar-refractivity contribution >= 4 is 17.7 Å². The molecule has 0 aromatic carbocycles.